The van der Waals surface area contributed by atoms with Crippen LogP contribution < -0.4 is 0 Å². The fourth-order valence-corrected chi connectivity index (χ4v) is 2.09. The van der Waals surface area contributed by atoms with E-state index in [1.165, 1.54) is 0 Å². The zero-order valence-electron chi connectivity index (χ0n) is 6.27. The van der Waals surface area contributed by atoms with Crippen LogP contribution in [-0.2, 0) is 0 Å². The largest absolute Gasteiger partial charge is 0.0812 e. The number of halogens is 6. The Hall–Kier alpha value is 0.520. The molecule has 1 aromatic carbocycles. The average Bonchev–Trinajstić information content (AvgIpc) is 2.19. The summed E-state index contributed by atoms with van der Waals surface area (Å²) in [5.41, 5.74) is 0.266. The van der Waals surface area contributed by atoms with Crippen molar-refractivity contribution in [1.82, 2.24) is 0 Å². The van der Waals surface area contributed by atoms with Crippen LogP contribution >= 0.6 is 69.6 Å². The Morgan fingerprint density at radius 1 is 0.643 bits per heavy atom. The summed E-state index contributed by atoms with van der Waals surface area (Å²) in [5.74, 6) is 2.48. The molecule has 6 heteroatoms. The molecule has 0 radical (unpaired) electrons. The molecule has 0 aliphatic carbocycles. The highest BCUT2D eigenvalue weighted by Gasteiger charge is 2.17. The van der Waals surface area contributed by atoms with Crippen LogP contribution in [-0.4, -0.2) is 0 Å². The van der Waals surface area contributed by atoms with Gasteiger partial charge in [0, 0.05) is 5.38 Å². The molecule has 0 atom stereocenters. The number of benzene rings is 1. The van der Waals surface area contributed by atoms with Crippen molar-refractivity contribution in [3.05, 3.63) is 30.7 Å². The molecular weight excluding hydrogens is 309 g/mol. The van der Waals surface area contributed by atoms with E-state index in [1.807, 2.05) is 0 Å². The Kier molecular flexibility index (Phi) is 4.53. The molecule has 0 unspecified atom stereocenters. The van der Waals surface area contributed by atoms with E-state index in [0.717, 1.165) is 0 Å². The molecule has 0 fully saturated rings. The fraction of sp³-hybridized carbons (Fsp3) is 0. The van der Waals surface area contributed by atoms with Gasteiger partial charge in [0.15, 0.2) is 0 Å². The lowest BCUT2D eigenvalue weighted by atomic mass is 10.2. The van der Waals surface area contributed by atoms with Gasteiger partial charge >= 0.3 is 0 Å². The van der Waals surface area contributed by atoms with Gasteiger partial charge in [-0.3, -0.25) is 0 Å². The zero-order chi connectivity index (χ0) is 10.9. The molecule has 0 spiro atoms. The summed E-state index contributed by atoms with van der Waals surface area (Å²) in [5, 5.41) is 2.73. The maximum absolute atomic E-state index is 5.83. The maximum atomic E-state index is 5.83. The molecule has 1 rings (SSSR count). The van der Waals surface area contributed by atoms with Crippen molar-refractivity contribution in [2.24, 2.45) is 0 Å². The van der Waals surface area contributed by atoms with E-state index in [4.69, 9.17) is 69.6 Å². The number of rotatable bonds is 0. The lowest BCUT2D eigenvalue weighted by Gasteiger charge is -2.07. The SMILES string of the molecule is ClC#Cc1c(Cl)c(Cl)c(Cl)c(Cl)c1Cl. The van der Waals surface area contributed by atoms with E-state index in [1.54, 1.807) is 0 Å². The summed E-state index contributed by atoms with van der Waals surface area (Å²) >= 11 is 34.2. The summed E-state index contributed by atoms with van der Waals surface area (Å²) in [6.45, 7) is 0. The smallest absolute Gasteiger partial charge is 0.0809 e. The average molecular weight is 309 g/mol. The third-order valence-electron chi connectivity index (χ3n) is 1.38. The van der Waals surface area contributed by atoms with Crippen molar-refractivity contribution in [2.75, 3.05) is 0 Å². The van der Waals surface area contributed by atoms with Crippen molar-refractivity contribution in [1.29, 1.82) is 0 Å². The molecule has 0 saturated heterocycles. The molecule has 0 heterocycles. The predicted molar refractivity (Wildman–Crippen MR) is 64.2 cm³/mol. The molecule has 0 amide bonds. The van der Waals surface area contributed by atoms with Gasteiger partial charge in [-0.15, -0.1) is 0 Å². The topological polar surface area (TPSA) is 0 Å². The van der Waals surface area contributed by atoms with Crippen molar-refractivity contribution < 1.29 is 0 Å². The van der Waals surface area contributed by atoms with E-state index >= 15 is 0 Å². The van der Waals surface area contributed by atoms with Gasteiger partial charge in [-0.25, -0.2) is 0 Å². The molecule has 0 aromatic heterocycles. The molecule has 0 saturated carbocycles. The second kappa shape index (κ2) is 5.03. The normalized spacial score (nSPS) is 9.57. The van der Waals surface area contributed by atoms with Gasteiger partial charge < -0.3 is 0 Å². The highest BCUT2D eigenvalue weighted by molar-refractivity contribution is 6.55. The number of hydrogen-bond donors (Lipinski definition) is 0. The van der Waals surface area contributed by atoms with Crippen LogP contribution in [0, 0.1) is 11.3 Å². The van der Waals surface area contributed by atoms with Gasteiger partial charge in [0.1, 0.15) is 0 Å². The van der Waals surface area contributed by atoms with E-state index < -0.39 is 0 Å². The van der Waals surface area contributed by atoms with Gasteiger partial charge in [-0.05, 0) is 17.5 Å². The molecule has 0 aliphatic heterocycles. The van der Waals surface area contributed by atoms with Gasteiger partial charge in [0.2, 0.25) is 0 Å². The van der Waals surface area contributed by atoms with Crippen LogP contribution in [0.5, 0.6) is 0 Å². The first kappa shape index (κ1) is 12.6. The highest BCUT2D eigenvalue weighted by atomic mass is 35.5. The van der Waals surface area contributed by atoms with Gasteiger partial charge in [-0.2, -0.15) is 0 Å². The first-order valence-corrected chi connectivity index (χ1v) is 5.40. The molecule has 14 heavy (non-hydrogen) atoms. The fourth-order valence-electron chi connectivity index (χ4n) is 0.762. The van der Waals surface area contributed by atoms with Crippen molar-refractivity contribution >= 4 is 69.6 Å². The molecular formula is C8Cl6. The van der Waals surface area contributed by atoms with E-state index in [9.17, 15) is 0 Å². The van der Waals surface area contributed by atoms with Crippen LogP contribution in [0.25, 0.3) is 0 Å². The maximum Gasteiger partial charge on any atom is 0.0809 e. The molecule has 0 aliphatic rings. The van der Waals surface area contributed by atoms with Crippen LogP contribution in [0.2, 0.25) is 25.1 Å². The van der Waals surface area contributed by atoms with Gasteiger partial charge in [-0.1, -0.05) is 58.0 Å². The van der Waals surface area contributed by atoms with Gasteiger partial charge in [0.05, 0.1) is 30.7 Å². The second-order valence-electron chi connectivity index (χ2n) is 2.16. The Bertz CT molecular complexity index is 410. The van der Waals surface area contributed by atoms with Crippen LogP contribution in [0.1, 0.15) is 5.56 Å². The minimum Gasteiger partial charge on any atom is -0.0812 e. The molecule has 0 bridgehead atoms. The quantitative estimate of drug-likeness (QED) is 0.337. The summed E-state index contributed by atoms with van der Waals surface area (Å²) in [4.78, 5) is 0. The Morgan fingerprint density at radius 2 is 1.00 bits per heavy atom. The third-order valence-corrected chi connectivity index (χ3v) is 3.75. The lowest BCUT2D eigenvalue weighted by Crippen LogP contribution is -1.85. The van der Waals surface area contributed by atoms with Crippen molar-refractivity contribution in [3.63, 3.8) is 0 Å². The van der Waals surface area contributed by atoms with Crippen molar-refractivity contribution in [2.45, 2.75) is 0 Å². The summed E-state index contributed by atoms with van der Waals surface area (Å²) in [6, 6.07) is 0. The lowest BCUT2D eigenvalue weighted by molar-refractivity contribution is 1.64. The van der Waals surface area contributed by atoms with Gasteiger partial charge in [0.25, 0.3) is 0 Å². The van der Waals surface area contributed by atoms with Crippen LogP contribution in [0.15, 0.2) is 0 Å². The monoisotopic (exact) mass is 306 g/mol. The first-order valence-electron chi connectivity index (χ1n) is 3.13. The second-order valence-corrected chi connectivity index (χ2v) is 4.24. The molecule has 74 valence electrons. The third kappa shape index (κ3) is 2.19. The zero-order valence-corrected chi connectivity index (χ0v) is 10.8. The standard InChI is InChI=1S/C8Cl6/c9-2-1-3-4(10)6(12)8(14)7(13)5(3)11. The molecule has 1 aromatic rings. The summed E-state index contributed by atoms with van der Waals surface area (Å²) in [7, 11) is 0. The minimum absolute atomic E-state index is 0.100. The van der Waals surface area contributed by atoms with E-state index in [0.29, 0.717) is 0 Å². The number of hydrogen-bond acceptors (Lipinski definition) is 0. The van der Waals surface area contributed by atoms with E-state index in [2.05, 4.69) is 11.3 Å². The molecule has 0 N–H and O–H groups in total. The first-order chi connectivity index (χ1) is 6.50. The predicted octanol–water partition coefficient (Wildman–Crippen LogP) is 5.50. The molecule has 0 nitrogen and oxygen atoms in total. The van der Waals surface area contributed by atoms with Crippen LogP contribution in [0.3, 0.4) is 0 Å². The van der Waals surface area contributed by atoms with Crippen LogP contribution in [0.4, 0.5) is 0 Å². The minimum atomic E-state index is 0.100. The Morgan fingerprint density at radius 3 is 1.36 bits per heavy atom. The highest BCUT2D eigenvalue weighted by Crippen LogP contribution is 2.43. The Labute approximate surface area is 111 Å². The Balaban J connectivity index is 3.65. The van der Waals surface area contributed by atoms with Crippen molar-refractivity contribution in [3.8, 4) is 11.3 Å². The summed E-state index contributed by atoms with van der Waals surface area (Å²) < 4.78 is 0. The summed E-state index contributed by atoms with van der Waals surface area (Å²) in [6.07, 6.45) is 0. The van der Waals surface area contributed by atoms with E-state index in [-0.39, 0.29) is 30.7 Å².